The minimum Gasteiger partial charge on any atom is -0.388 e. The van der Waals surface area contributed by atoms with Crippen molar-refractivity contribution in [3.63, 3.8) is 0 Å². The molecular formula is C11H21N5O. The van der Waals surface area contributed by atoms with Gasteiger partial charge in [0.25, 0.3) is 0 Å². The van der Waals surface area contributed by atoms with Crippen LogP contribution in [0.3, 0.4) is 0 Å². The molecule has 0 aliphatic carbocycles. The summed E-state index contributed by atoms with van der Waals surface area (Å²) >= 11 is 0. The van der Waals surface area contributed by atoms with Gasteiger partial charge in [-0.15, -0.1) is 0 Å². The number of hydrogen-bond acceptors (Lipinski definition) is 6. The quantitative estimate of drug-likeness (QED) is 0.435. The molecule has 0 aromatic carbocycles. The van der Waals surface area contributed by atoms with E-state index in [2.05, 4.69) is 20.7 Å². The monoisotopic (exact) mass is 239 g/mol. The average molecular weight is 239 g/mol. The van der Waals surface area contributed by atoms with Crippen LogP contribution in [0.1, 0.15) is 33.0 Å². The Hall–Kier alpha value is -1.40. The summed E-state index contributed by atoms with van der Waals surface area (Å²) in [5.41, 5.74) is 1.76. The van der Waals surface area contributed by atoms with Crippen molar-refractivity contribution >= 4 is 11.6 Å². The highest BCUT2D eigenvalue weighted by atomic mass is 16.3. The van der Waals surface area contributed by atoms with E-state index < -0.39 is 5.60 Å². The average Bonchev–Trinajstić information content (AvgIpc) is 2.36. The van der Waals surface area contributed by atoms with Crippen LogP contribution in [0.15, 0.2) is 6.07 Å². The van der Waals surface area contributed by atoms with Gasteiger partial charge in [0.05, 0.1) is 5.60 Å². The molecule has 0 bridgehead atoms. The largest absolute Gasteiger partial charge is 0.388 e. The molecule has 0 aliphatic heterocycles. The minimum absolute atomic E-state index is 0.438. The smallest absolute Gasteiger partial charge is 0.145 e. The number of aromatic nitrogens is 2. The Kier molecular flexibility index (Phi) is 4.65. The highest BCUT2D eigenvalue weighted by molar-refractivity contribution is 5.47. The molecule has 1 atom stereocenters. The lowest BCUT2D eigenvalue weighted by Crippen LogP contribution is -2.32. The molecule has 0 saturated carbocycles. The Morgan fingerprint density at radius 1 is 1.35 bits per heavy atom. The summed E-state index contributed by atoms with van der Waals surface area (Å²) < 4.78 is 0. The fourth-order valence-corrected chi connectivity index (χ4v) is 1.23. The van der Waals surface area contributed by atoms with E-state index in [1.54, 1.807) is 13.0 Å². The lowest BCUT2D eigenvalue weighted by molar-refractivity contribution is 0.0696. The topological polar surface area (TPSA) is 96.1 Å². The molecular weight excluding hydrogens is 218 g/mol. The molecule has 6 heteroatoms. The second kappa shape index (κ2) is 5.79. The maximum absolute atomic E-state index is 9.89. The molecule has 6 nitrogen and oxygen atoms in total. The van der Waals surface area contributed by atoms with Gasteiger partial charge in [0.2, 0.25) is 0 Å². The van der Waals surface area contributed by atoms with E-state index in [1.807, 2.05) is 13.8 Å². The van der Waals surface area contributed by atoms with Gasteiger partial charge in [-0.25, -0.2) is 15.8 Å². The summed E-state index contributed by atoms with van der Waals surface area (Å²) in [6.07, 6.45) is 1.40. The van der Waals surface area contributed by atoms with Crippen LogP contribution in [0.4, 0.5) is 11.6 Å². The van der Waals surface area contributed by atoms with E-state index in [9.17, 15) is 5.11 Å². The SMILES string of the molecule is CCc1nc(NN)cc(NCC(C)(O)CC)n1. The van der Waals surface area contributed by atoms with E-state index in [0.717, 1.165) is 6.42 Å². The number of nitrogens with two attached hydrogens (primary N) is 1. The van der Waals surface area contributed by atoms with Crippen molar-refractivity contribution in [2.45, 2.75) is 39.2 Å². The first kappa shape index (κ1) is 13.7. The number of nitrogen functional groups attached to an aromatic ring is 1. The van der Waals surface area contributed by atoms with Crippen LogP contribution in [0.2, 0.25) is 0 Å². The van der Waals surface area contributed by atoms with Gasteiger partial charge in [0.1, 0.15) is 17.5 Å². The van der Waals surface area contributed by atoms with Gasteiger partial charge in [-0.3, -0.25) is 0 Å². The highest BCUT2D eigenvalue weighted by Crippen LogP contribution is 2.14. The molecule has 1 heterocycles. The van der Waals surface area contributed by atoms with Gasteiger partial charge in [0.15, 0.2) is 0 Å². The maximum atomic E-state index is 9.89. The fourth-order valence-electron chi connectivity index (χ4n) is 1.23. The second-order valence-corrected chi connectivity index (χ2v) is 4.26. The molecule has 5 N–H and O–H groups in total. The van der Waals surface area contributed by atoms with Gasteiger partial charge in [-0.2, -0.15) is 0 Å². The second-order valence-electron chi connectivity index (χ2n) is 4.26. The van der Waals surface area contributed by atoms with Crippen LogP contribution >= 0.6 is 0 Å². The summed E-state index contributed by atoms with van der Waals surface area (Å²) in [7, 11) is 0. The molecule has 17 heavy (non-hydrogen) atoms. The molecule has 0 radical (unpaired) electrons. The van der Waals surface area contributed by atoms with Crippen LogP contribution in [0, 0.1) is 0 Å². The first-order chi connectivity index (χ1) is 8.00. The zero-order valence-electron chi connectivity index (χ0n) is 10.6. The summed E-state index contributed by atoms with van der Waals surface area (Å²) in [5, 5.41) is 13.0. The maximum Gasteiger partial charge on any atom is 0.145 e. The first-order valence-electron chi connectivity index (χ1n) is 5.81. The van der Waals surface area contributed by atoms with Crippen LogP contribution in [0.25, 0.3) is 0 Å². The Labute approximate surface area is 102 Å². The Morgan fingerprint density at radius 2 is 2.00 bits per heavy atom. The van der Waals surface area contributed by atoms with Crippen molar-refractivity contribution in [2.24, 2.45) is 5.84 Å². The lowest BCUT2D eigenvalue weighted by atomic mass is 10.0. The zero-order chi connectivity index (χ0) is 12.9. The molecule has 0 amide bonds. The van der Waals surface area contributed by atoms with E-state index in [-0.39, 0.29) is 0 Å². The summed E-state index contributed by atoms with van der Waals surface area (Å²) in [4.78, 5) is 8.49. The number of rotatable bonds is 6. The van der Waals surface area contributed by atoms with Crippen molar-refractivity contribution in [3.8, 4) is 0 Å². The fraction of sp³-hybridized carbons (Fsp3) is 0.636. The van der Waals surface area contributed by atoms with E-state index >= 15 is 0 Å². The highest BCUT2D eigenvalue weighted by Gasteiger charge is 2.17. The number of hydrazine groups is 1. The Bertz CT molecular complexity index is 345. The number of hydrogen-bond donors (Lipinski definition) is 4. The van der Waals surface area contributed by atoms with Gasteiger partial charge >= 0.3 is 0 Å². The molecule has 96 valence electrons. The Balaban J connectivity index is 2.76. The van der Waals surface area contributed by atoms with Crippen LogP contribution in [-0.4, -0.2) is 27.2 Å². The number of anilines is 2. The normalized spacial score (nSPS) is 14.2. The first-order valence-corrected chi connectivity index (χ1v) is 5.81. The Morgan fingerprint density at radius 3 is 2.53 bits per heavy atom. The van der Waals surface area contributed by atoms with Gasteiger partial charge in [-0.1, -0.05) is 13.8 Å². The van der Waals surface area contributed by atoms with Crippen LogP contribution < -0.4 is 16.6 Å². The molecule has 0 fully saturated rings. The van der Waals surface area contributed by atoms with Crippen molar-refractivity contribution in [1.29, 1.82) is 0 Å². The van der Waals surface area contributed by atoms with Crippen LogP contribution in [-0.2, 0) is 6.42 Å². The third kappa shape index (κ3) is 4.16. The van der Waals surface area contributed by atoms with E-state index in [1.165, 1.54) is 0 Å². The molecule has 1 unspecified atom stereocenters. The van der Waals surface area contributed by atoms with E-state index in [4.69, 9.17) is 5.84 Å². The molecule has 1 aromatic rings. The summed E-state index contributed by atoms with van der Waals surface area (Å²) in [6, 6.07) is 1.71. The third-order valence-corrected chi connectivity index (χ3v) is 2.65. The third-order valence-electron chi connectivity index (χ3n) is 2.65. The van der Waals surface area contributed by atoms with Gasteiger partial charge in [0, 0.05) is 19.0 Å². The lowest BCUT2D eigenvalue weighted by Gasteiger charge is -2.22. The summed E-state index contributed by atoms with van der Waals surface area (Å²) in [6.45, 7) is 6.13. The van der Waals surface area contributed by atoms with Gasteiger partial charge < -0.3 is 15.8 Å². The number of aryl methyl sites for hydroxylation is 1. The standard InChI is InChI=1S/C11H21N5O/c1-4-8-14-9(6-10(15-8)16-12)13-7-11(3,17)5-2/h6,17H,4-5,7,12H2,1-3H3,(H2,13,14,15,16). The zero-order valence-corrected chi connectivity index (χ0v) is 10.6. The van der Waals surface area contributed by atoms with Crippen molar-refractivity contribution in [2.75, 3.05) is 17.3 Å². The molecule has 1 rings (SSSR count). The minimum atomic E-state index is -0.742. The van der Waals surface area contributed by atoms with Crippen molar-refractivity contribution in [3.05, 3.63) is 11.9 Å². The van der Waals surface area contributed by atoms with Gasteiger partial charge in [-0.05, 0) is 13.3 Å². The molecule has 0 saturated heterocycles. The molecule has 1 aromatic heterocycles. The molecule has 0 aliphatic rings. The summed E-state index contributed by atoms with van der Waals surface area (Å²) in [5.74, 6) is 7.27. The van der Waals surface area contributed by atoms with Crippen molar-refractivity contribution < 1.29 is 5.11 Å². The number of aliphatic hydroxyl groups is 1. The number of nitrogens with one attached hydrogen (secondary N) is 2. The van der Waals surface area contributed by atoms with Crippen molar-refractivity contribution in [1.82, 2.24) is 9.97 Å². The van der Waals surface area contributed by atoms with Crippen LogP contribution in [0.5, 0.6) is 0 Å². The van der Waals surface area contributed by atoms with E-state index in [0.29, 0.717) is 30.4 Å². The predicted octanol–water partition coefficient (Wildman–Crippen LogP) is 0.897. The number of nitrogens with zero attached hydrogens (tertiary/aromatic N) is 2. The predicted molar refractivity (Wildman–Crippen MR) is 68.6 cm³/mol. The molecule has 0 spiro atoms.